The summed E-state index contributed by atoms with van der Waals surface area (Å²) in [7, 11) is 0. The molecule has 0 saturated heterocycles. The molecule has 0 saturated carbocycles. The zero-order chi connectivity index (χ0) is 11.2. The maximum atomic E-state index is 13.3. The molecule has 0 spiro atoms. The normalized spacial score (nSPS) is 11.0. The van der Waals surface area contributed by atoms with Gasteiger partial charge in [-0.15, -0.1) is 0 Å². The van der Waals surface area contributed by atoms with Gasteiger partial charge in [0.05, 0.1) is 0 Å². The van der Waals surface area contributed by atoms with Crippen LogP contribution in [0.1, 0.15) is 5.56 Å². The van der Waals surface area contributed by atoms with E-state index in [0.29, 0.717) is 10.2 Å². The van der Waals surface area contributed by atoms with Crippen molar-refractivity contribution in [1.29, 1.82) is 0 Å². The molecular weight excluding hydrogens is 271 g/mol. The topological polar surface area (TPSA) is 12.9 Å². The van der Waals surface area contributed by atoms with Crippen LogP contribution in [0.15, 0.2) is 16.7 Å². The van der Waals surface area contributed by atoms with E-state index in [1.54, 1.807) is 13.0 Å². The van der Waals surface area contributed by atoms with Crippen molar-refractivity contribution < 1.29 is 13.2 Å². The fourth-order valence-corrected chi connectivity index (χ4v) is 1.91. The first-order chi connectivity index (χ1) is 7.00. The molecule has 0 aliphatic carbocycles. The highest BCUT2D eigenvalue weighted by Crippen LogP contribution is 2.26. The van der Waals surface area contributed by atoms with Crippen LogP contribution < -0.4 is 0 Å². The Kier molecular flexibility index (Phi) is 2.42. The van der Waals surface area contributed by atoms with Gasteiger partial charge in [0.15, 0.2) is 17.5 Å². The molecule has 0 fully saturated rings. The molecule has 0 N–H and O–H groups in total. The van der Waals surface area contributed by atoms with Crippen LogP contribution in [-0.4, -0.2) is 4.98 Å². The zero-order valence-electron chi connectivity index (χ0n) is 7.61. The third-order valence-electron chi connectivity index (χ3n) is 2.12. The third kappa shape index (κ3) is 1.61. The minimum Gasteiger partial charge on any atom is -0.238 e. The van der Waals surface area contributed by atoms with E-state index < -0.39 is 17.5 Å². The van der Waals surface area contributed by atoms with E-state index in [9.17, 15) is 13.2 Å². The summed E-state index contributed by atoms with van der Waals surface area (Å²) in [6.07, 6.45) is 0. The number of aryl methyl sites for hydroxylation is 1. The van der Waals surface area contributed by atoms with Crippen LogP contribution in [0.5, 0.6) is 0 Å². The van der Waals surface area contributed by atoms with Crippen LogP contribution in [0.3, 0.4) is 0 Å². The van der Waals surface area contributed by atoms with Gasteiger partial charge in [-0.05, 0) is 40.5 Å². The minimum atomic E-state index is -1.49. The molecule has 0 aliphatic heterocycles. The SMILES string of the molecule is Cc1cc(Br)nc2c(F)c(F)c(F)cc12. The molecule has 78 valence electrons. The van der Waals surface area contributed by atoms with Gasteiger partial charge in [0.1, 0.15) is 10.1 Å². The summed E-state index contributed by atoms with van der Waals surface area (Å²) in [4.78, 5) is 3.77. The molecule has 1 aromatic carbocycles. The van der Waals surface area contributed by atoms with Gasteiger partial charge in [0, 0.05) is 5.39 Å². The average molecular weight is 276 g/mol. The van der Waals surface area contributed by atoms with Gasteiger partial charge < -0.3 is 0 Å². The van der Waals surface area contributed by atoms with Crippen LogP contribution in [-0.2, 0) is 0 Å². The number of fused-ring (bicyclic) bond motifs is 1. The second-order valence-corrected chi connectivity index (χ2v) is 3.96. The van der Waals surface area contributed by atoms with Crippen LogP contribution in [0.2, 0.25) is 0 Å². The fourth-order valence-electron chi connectivity index (χ4n) is 1.39. The number of benzene rings is 1. The highest BCUT2D eigenvalue weighted by molar-refractivity contribution is 9.10. The molecule has 15 heavy (non-hydrogen) atoms. The molecule has 0 atom stereocenters. The van der Waals surface area contributed by atoms with E-state index in [-0.39, 0.29) is 10.9 Å². The first kappa shape index (κ1) is 10.4. The first-order valence-electron chi connectivity index (χ1n) is 4.11. The Morgan fingerprint density at radius 3 is 2.47 bits per heavy atom. The Balaban J connectivity index is 2.98. The van der Waals surface area contributed by atoms with Crippen LogP contribution in [0.25, 0.3) is 10.9 Å². The van der Waals surface area contributed by atoms with Crippen molar-refractivity contribution in [3.63, 3.8) is 0 Å². The van der Waals surface area contributed by atoms with E-state index in [1.807, 2.05) is 0 Å². The van der Waals surface area contributed by atoms with Crippen molar-refractivity contribution in [3.05, 3.63) is 39.8 Å². The maximum Gasteiger partial charge on any atom is 0.196 e. The standard InChI is InChI=1S/C10H5BrF3N/c1-4-2-7(11)15-10-5(4)3-6(12)8(13)9(10)14/h2-3H,1H3. The Labute approximate surface area is 92.1 Å². The van der Waals surface area contributed by atoms with Crippen molar-refractivity contribution in [2.75, 3.05) is 0 Å². The summed E-state index contributed by atoms with van der Waals surface area (Å²) in [6.45, 7) is 1.67. The van der Waals surface area contributed by atoms with Crippen molar-refractivity contribution >= 4 is 26.8 Å². The average Bonchev–Trinajstić information content (AvgIpc) is 2.17. The zero-order valence-corrected chi connectivity index (χ0v) is 9.20. The summed E-state index contributed by atoms with van der Waals surface area (Å²) in [6, 6.07) is 2.56. The molecule has 1 nitrogen and oxygen atoms in total. The predicted octanol–water partition coefficient (Wildman–Crippen LogP) is 3.72. The monoisotopic (exact) mass is 275 g/mol. The third-order valence-corrected chi connectivity index (χ3v) is 2.52. The number of aromatic nitrogens is 1. The lowest BCUT2D eigenvalue weighted by Gasteiger charge is -2.05. The molecule has 0 radical (unpaired) electrons. The number of halogens is 4. The highest BCUT2D eigenvalue weighted by Gasteiger charge is 2.16. The molecule has 0 amide bonds. The summed E-state index contributed by atoms with van der Waals surface area (Å²) in [5.41, 5.74) is 0.463. The number of rotatable bonds is 0. The molecular formula is C10H5BrF3N. The molecule has 2 aromatic rings. The number of pyridine rings is 1. The van der Waals surface area contributed by atoms with E-state index in [2.05, 4.69) is 20.9 Å². The van der Waals surface area contributed by atoms with Gasteiger partial charge in [-0.1, -0.05) is 0 Å². The van der Waals surface area contributed by atoms with E-state index >= 15 is 0 Å². The van der Waals surface area contributed by atoms with Crippen molar-refractivity contribution in [1.82, 2.24) is 4.98 Å². The molecule has 2 rings (SSSR count). The highest BCUT2D eigenvalue weighted by atomic mass is 79.9. The largest absolute Gasteiger partial charge is 0.238 e. The lowest BCUT2D eigenvalue weighted by Crippen LogP contribution is -1.96. The smallest absolute Gasteiger partial charge is 0.196 e. The van der Waals surface area contributed by atoms with E-state index in [0.717, 1.165) is 6.07 Å². The molecule has 0 unspecified atom stereocenters. The van der Waals surface area contributed by atoms with Gasteiger partial charge in [-0.25, -0.2) is 18.2 Å². The quantitative estimate of drug-likeness (QED) is 0.528. The molecule has 0 aliphatic rings. The minimum absolute atomic E-state index is 0.166. The molecule has 1 heterocycles. The number of nitrogens with zero attached hydrogens (tertiary/aromatic N) is 1. The Bertz CT molecular complexity index is 554. The Morgan fingerprint density at radius 1 is 1.13 bits per heavy atom. The first-order valence-corrected chi connectivity index (χ1v) is 4.90. The van der Waals surface area contributed by atoms with Gasteiger partial charge in [0.2, 0.25) is 0 Å². The predicted molar refractivity (Wildman–Crippen MR) is 54.1 cm³/mol. The van der Waals surface area contributed by atoms with E-state index in [1.165, 1.54) is 0 Å². The van der Waals surface area contributed by atoms with Crippen molar-refractivity contribution in [2.45, 2.75) is 6.92 Å². The van der Waals surface area contributed by atoms with Crippen LogP contribution in [0, 0.1) is 24.4 Å². The Morgan fingerprint density at radius 2 is 1.80 bits per heavy atom. The lowest BCUT2D eigenvalue weighted by molar-refractivity contribution is 0.452. The fraction of sp³-hybridized carbons (Fsp3) is 0.100. The van der Waals surface area contributed by atoms with Crippen LogP contribution >= 0.6 is 15.9 Å². The van der Waals surface area contributed by atoms with Gasteiger partial charge in [-0.3, -0.25) is 0 Å². The summed E-state index contributed by atoms with van der Waals surface area (Å²) in [5.74, 6) is -3.95. The lowest BCUT2D eigenvalue weighted by atomic mass is 10.1. The van der Waals surface area contributed by atoms with Crippen molar-refractivity contribution in [3.8, 4) is 0 Å². The number of hydrogen-bond donors (Lipinski definition) is 0. The molecule has 0 bridgehead atoms. The molecule has 1 aromatic heterocycles. The molecule has 5 heteroatoms. The van der Waals surface area contributed by atoms with Gasteiger partial charge in [0.25, 0.3) is 0 Å². The summed E-state index contributed by atoms with van der Waals surface area (Å²) in [5, 5.41) is 0.273. The maximum absolute atomic E-state index is 13.3. The Hall–Kier alpha value is -1.10. The summed E-state index contributed by atoms with van der Waals surface area (Å²) >= 11 is 3.07. The van der Waals surface area contributed by atoms with Gasteiger partial charge >= 0.3 is 0 Å². The number of hydrogen-bond acceptors (Lipinski definition) is 1. The second kappa shape index (κ2) is 3.48. The second-order valence-electron chi connectivity index (χ2n) is 3.14. The summed E-state index contributed by atoms with van der Waals surface area (Å²) < 4.78 is 39.6. The van der Waals surface area contributed by atoms with Crippen molar-refractivity contribution in [2.24, 2.45) is 0 Å². The van der Waals surface area contributed by atoms with Crippen LogP contribution in [0.4, 0.5) is 13.2 Å². The van der Waals surface area contributed by atoms with E-state index in [4.69, 9.17) is 0 Å². The van der Waals surface area contributed by atoms with Gasteiger partial charge in [-0.2, -0.15) is 0 Å².